The van der Waals surface area contributed by atoms with Gasteiger partial charge in [0.05, 0.1) is 11.0 Å². The second-order valence-electron chi connectivity index (χ2n) is 9.19. The number of rotatable bonds is 5. The maximum Gasteiger partial charge on any atom is 0.251 e. The highest BCUT2D eigenvalue weighted by atomic mass is 16.3. The van der Waals surface area contributed by atoms with Gasteiger partial charge in [-0.1, -0.05) is 13.3 Å². The van der Waals surface area contributed by atoms with E-state index in [1.54, 1.807) is 6.92 Å². The number of nitrogens with zero attached hydrogens (tertiary/aromatic N) is 1. The van der Waals surface area contributed by atoms with E-state index >= 15 is 0 Å². The van der Waals surface area contributed by atoms with Crippen LogP contribution < -0.4 is 10.9 Å². The monoisotopic (exact) mass is 359 g/mol. The molecule has 0 spiro atoms. The Morgan fingerprint density at radius 2 is 2.15 bits per heavy atom. The van der Waals surface area contributed by atoms with Crippen molar-refractivity contribution >= 4 is 5.91 Å². The zero-order valence-corrected chi connectivity index (χ0v) is 15.7. The highest BCUT2D eigenvalue weighted by Gasteiger charge is 2.64. The van der Waals surface area contributed by atoms with Gasteiger partial charge in [0.15, 0.2) is 0 Å². The fraction of sp³-hybridized carbons (Fsp3) is 0.750. The third-order valence-corrected chi connectivity index (χ3v) is 6.97. The number of aromatic nitrogens is 2. The van der Waals surface area contributed by atoms with Crippen LogP contribution in [0.15, 0.2) is 10.9 Å². The van der Waals surface area contributed by atoms with Crippen LogP contribution in [0.2, 0.25) is 0 Å². The van der Waals surface area contributed by atoms with Crippen LogP contribution in [0, 0.1) is 23.7 Å². The van der Waals surface area contributed by atoms with E-state index in [4.69, 9.17) is 0 Å². The van der Waals surface area contributed by atoms with Crippen molar-refractivity contribution < 1.29 is 9.90 Å². The zero-order chi connectivity index (χ0) is 18.6. The Bertz CT molecular complexity index is 791. The van der Waals surface area contributed by atoms with E-state index in [0.29, 0.717) is 36.8 Å². The molecule has 5 rings (SSSR count). The summed E-state index contributed by atoms with van der Waals surface area (Å²) in [7, 11) is 0. The predicted molar refractivity (Wildman–Crippen MR) is 97.6 cm³/mol. The smallest absolute Gasteiger partial charge is 0.251 e. The molecule has 0 radical (unpaired) electrons. The van der Waals surface area contributed by atoms with Gasteiger partial charge in [-0.25, -0.2) is 4.98 Å². The highest BCUT2D eigenvalue weighted by Crippen LogP contribution is 2.67. The first-order valence-electron chi connectivity index (χ1n) is 9.83. The van der Waals surface area contributed by atoms with Crippen LogP contribution in [0.4, 0.5) is 0 Å². The Labute approximate surface area is 153 Å². The van der Waals surface area contributed by atoms with Crippen molar-refractivity contribution in [2.45, 2.75) is 70.8 Å². The summed E-state index contributed by atoms with van der Waals surface area (Å²) in [6.45, 7) is 4.42. The molecule has 4 unspecified atom stereocenters. The number of aliphatic hydroxyl groups is 1. The molecule has 1 amide bonds. The lowest BCUT2D eigenvalue weighted by Crippen LogP contribution is -2.63. The summed E-state index contributed by atoms with van der Waals surface area (Å²) in [5.74, 6) is 1.14. The first-order chi connectivity index (χ1) is 12.3. The first-order valence-corrected chi connectivity index (χ1v) is 9.83. The lowest BCUT2D eigenvalue weighted by molar-refractivity contribution is -0.204. The molecule has 4 bridgehead atoms. The summed E-state index contributed by atoms with van der Waals surface area (Å²) in [5, 5.41) is 14.1. The molecule has 0 saturated heterocycles. The third kappa shape index (κ3) is 2.98. The molecule has 0 aliphatic heterocycles. The highest BCUT2D eigenvalue weighted by molar-refractivity contribution is 5.83. The summed E-state index contributed by atoms with van der Waals surface area (Å²) in [4.78, 5) is 31.6. The second kappa shape index (κ2) is 5.91. The standard InChI is InChI=1S/C20H29N3O3/c1-3-18-7-14-8-19(10-18,12-20(26,9-14)11-18)17(25)21-5-4-15-6-16(24)23-13(2)22-15/h6,14,26H,3-5,7-12H2,1-2H3,(H,21,25)(H,22,23,24). The van der Waals surface area contributed by atoms with Crippen molar-refractivity contribution in [3.8, 4) is 0 Å². The number of nitrogens with one attached hydrogen (secondary N) is 2. The van der Waals surface area contributed by atoms with Crippen LogP contribution in [0.25, 0.3) is 0 Å². The maximum atomic E-state index is 13.1. The van der Waals surface area contributed by atoms with E-state index in [0.717, 1.165) is 38.5 Å². The lowest BCUT2D eigenvalue weighted by Gasteiger charge is -2.64. The molecule has 1 aromatic rings. The van der Waals surface area contributed by atoms with E-state index in [-0.39, 0.29) is 16.9 Å². The van der Waals surface area contributed by atoms with Gasteiger partial charge in [-0.2, -0.15) is 0 Å². The van der Waals surface area contributed by atoms with Crippen molar-refractivity contribution in [2.75, 3.05) is 6.54 Å². The molecule has 6 heteroatoms. The molecular formula is C20H29N3O3. The van der Waals surface area contributed by atoms with Crippen molar-refractivity contribution in [3.05, 3.63) is 27.9 Å². The van der Waals surface area contributed by atoms with E-state index in [9.17, 15) is 14.7 Å². The molecular weight excluding hydrogens is 330 g/mol. The summed E-state index contributed by atoms with van der Waals surface area (Å²) < 4.78 is 0. The van der Waals surface area contributed by atoms with Crippen molar-refractivity contribution in [3.63, 3.8) is 0 Å². The van der Waals surface area contributed by atoms with Crippen LogP contribution in [0.3, 0.4) is 0 Å². The number of aryl methyl sites for hydroxylation is 1. The molecule has 6 nitrogen and oxygen atoms in total. The van der Waals surface area contributed by atoms with Gasteiger partial charge in [-0.3, -0.25) is 9.59 Å². The molecule has 4 aliphatic rings. The minimum atomic E-state index is -0.655. The average molecular weight is 359 g/mol. The van der Waals surface area contributed by atoms with Gasteiger partial charge in [0.1, 0.15) is 5.82 Å². The van der Waals surface area contributed by atoms with Gasteiger partial charge in [0.25, 0.3) is 5.56 Å². The minimum Gasteiger partial charge on any atom is -0.390 e. The van der Waals surface area contributed by atoms with Gasteiger partial charge < -0.3 is 15.4 Å². The molecule has 0 aromatic carbocycles. The Hall–Kier alpha value is -1.69. The Kier molecular flexibility index (Phi) is 4.03. The zero-order valence-electron chi connectivity index (χ0n) is 15.7. The number of H-pyrrole nitrogens is 1. The number of hydrogen-bond acceptors (Lipinski definition) is 4. The summed E-state index contributed by atoms with van der Waals surface area (Å²) in [6.07, 6.45) is 6.88. The summed E-state index contributed by atoms with van der Waals surface area (Å²) in [6, 6.07) is 1.48. The van der Waals surface area contributed by atoms with Gasteiger partial charge in [-0.05, 0) is 56.8 Å². The SMILES string of the molecule is CCC12CC3CC(O)(C1)CC(C(=O)NCCc1cc(=O)[nH]c(C)n1)(C3)C2. The largest absolute Gasteiger partial charge is 0.390 e. The molecule has 4 atom stereocenters. The van der Waals surface area contributed by atoms with Crippen molar-refractivity contribution in [1.82, 2.24) is 15.3 Å². The lowest BCUT2D eigenvalue weighted by atomic mass is 9.42. The molecule has 4 aliphatic carbocycles. The van der Waals surface area contributed by atoms with E-state index < -0.39 is 11.0 Å². The van der Waals surface area contributed by atoms with Crippen LogP contribution >= 0.6 is 0 Å². The quantitative estimate of drug-likeness (QED) is 0.748. The minimum absolute atomic E-state index is 0.0828. The number of amides is 1. The molecule has 1 aromatic heterocycles. The molecule has 4 fully saturated rings. The molecule has 26 heavy (non-hydrogen) atoms. The Morgan fingerprint density at radius 1 is 1.35 bits per heavy atom. The van der Waals surface area contributed by atoms with Crippen molar-refractivity contribution in [2.24, 2.45) is 16.7 Å². The molecule has 142 valence electrons. The Morgan fingerprint density at radius 3 is 2.85 bits per heavy atom. The van der Waals surface area contributed by atoms with Crippen LogP contribution in [-0.4, -0.2) is 33.1 Å². The fourth-order valence-corrected chi connectivity index (χ4v) is 6.49. The van der Waals surface area contributed by atoms with Crippen LogP contribution in [-0.2, 0) is 11.2 Å². The maximum absolute atomic E-state index is 13.1. The normalized spacial score (nSPS) is 37.7. The van der Waals surface area contributed by atoms with Gasteiger partial charge in [-0.15, -0.1) is 0 Å². The van der Waals surface area contributed by atoms with Gasteiger partial charge >= 0.3 is 0 Å². The van der Waals surface area contributed by atoms with Gasteiger partial charge in [0, 0.05) is 24.7 Å². The van der Waals surface area contributed by atoms with Gasteiger partial charge in [0.2, 0.25) is 5.91 Å². The number of aromatic amines is 1. The Balaban J connectivity index is 1.45. The number of carbonyl (C=O) groups excluding carboxylic acids is 1. The topological polar surface area (TPSA) is 95.1 Å². The fourth-order valence-electron chi connectivity index (χ4n) is 6.49. The molecule has 1 heterocycles. The summed E-state index contributed by atoms with van der Waals surface area (Å²) in [5.41, 5.74) is -0.399. The van der Waals surface area contributed by atoms with E-state index in [2.05, 4.69) is 22.2 Å². The van der Waals surface area contributed by atoms with E-state index in [1.807, 2.05) is 0 Å². The predicted octanol–water partition coefficient (Wildman–Crippen LogP) is 1.85. The van der Waals surface area contributed by atoms with E-state index in [1.165, 1.54) is 6.07 Å². The van der Waals surface area contributed by atoms with Crippen molar-refractivity contribution in [1.29, 1.82) is 0 Å². The number of hydrogen-bond donors (Lipinski definition) is 3. The average Bonchev–Trinajstić information content (AvgIpc) is 2.51. The first kappa shape index (κ1) is 17.7. The molecule has 4 saturated carbocycles. The summed E-state index contributed by atoms with van der Waals surface area (Å²) >= 11 is 0. The van der Waals surface area contributed by atoms with Crippen LogP contribution in [0.1, 0.15) is 63.4 Å². The second-order valence-corrected chi connectivity index (χ2v) is 9.19. The molecule has 3 N–H and O–H groups in total. The number of carbonyl (C=O) groups is 1. The third-order valence-electron chi connectivity index (χ3n) is 6.97. The van der Waals surface area contributed by atoms with Crippen LogP contribution in [0.5, 0.6) is 0 Å².